The molecule has 122 valence electrons. The fourth-order valence-corrected chi connectivity index (χ4v) is 1.90. The molecule has 0 spiro atoms. The minimum Gasteiger partial charge on any atom is -0.494 e. The second-order valence-electron chi connectivity index (χ2n) is 4.97. The molecule has 5 nitrogen and oxygen atoms in total. The maximum absolute atomic E-state index is 12.7. The molecule has 0 aliphatic heterocycles. The van der Waals surface area contributed by atoms with Crippen molar-refractivity contribution in [2.45, 2.75) is 19.4 Å². The van der Waals surface area contributed by atoms with Crippen LogP contribution in [0.4, 0.5) is 9.18 Å². The molecule has 1 aromatic heterocycles. The number of amides is 2. The maximum Gasteiger partial charge on any atom is 0.315 e. The molecule has 2 N–H and O–H groups in total. The van der Waals surface area contributed by atoms with Gasteiger partial charge in [0.15, 0.2) is 0 Å². The van der Waals surface area contributed by atoms with Gasteiger partial charge in [-0.05, 0) is 54.8 Å². The number of carbonyl (C=O) groups excluding carboxylic acids is 1. The Hall–Kier alpha value is -2.63. The summed E-state index contributed by atoms with van der Waals surface area (Å²) in [6.45, 7) is 1.59. The van der Waals surface area contributed by atoms with Crippen LogP contribution in [0.25, 0.3) is 0 Å². The van der Waals surface area contributed by atoms with Crippen molar-refractivity contribution in [3.05, 3.63) is 60.2 Å². The van der Waals surface area contributed by atoms with Crippen LogP contribution >= 0.6 is 0 Å². The highest BCUT2D eigenvalue weighted by atomic mass is 19.1. The summed E-state index contributed by atoms with van der Waals surface area (Å²) >= 11 is 0. The summed E-state index contributed by atoms with van der Waals surface area (Å²) in [5.74, 6) is 0.369. The van der Waals surface area contributed by atoms with Crippen LogP contribution in [0, 0.1) is 5.82 Å². The number of hydrogen-bond donors (Lipinski definition) is 2. The Morgan fingerprint density at radius 3 is 2.52 bits per heavy atom. The van der Waals surface area contributed by atoms with Crippen molar-refractivity contribution in [1.82, 2.24) is 15.6 Å². The minimum atomic E-state index is -0.278. The molecule has 1 heterocycles. The molecule has 23 heavy (non-hydrogen) atoms. The first kappa shape index (κ1) is 16.7. The van der Waals surface area contributed by atoms with Crippen molar-refractivity contribution in [3.8, 4) is 5.75 Å². The van der Waals surface area contributed by atoms with E-state index in [1.54, 1.807) is 24.5 Å². The summed E-state index contributed by atoms with van der Waals surface area (Å²) in [5, 5.41) is 5.56. The van der Waals surface area contributed by atoms with Crippen LogP contribution in [0.1, 0.15) is 18.4 Å². The zero-order valence-corrected chi connectivity index (χ0v) is 12.8. The number of pyridine rings is 1. The van der Waals surface area contributed by atoms with Gasteiger partial charge in [0.25, 0.3) is 0 Å². The van der Waals surface area contributed by atoms with Crippen molar-refractivity contribution < 1.29 is 13.9 Å². The Morgan fingerprint density at radius 1 is 1.04 bits per heavy atom. The summed E-state index contributed by atoms with van der Waals surface area (Å²) in [7, 11) is 0. The Morgan fingerprint density at radius 2 is 1.78 bits per heavy atom. The van der Waals surface area contributed by atoms with Crippen molar-refractivity contribution in [3.63, 3.8) is 0 Å². The first-order valence-corrected chi connectivity index (χ1v) is 7.53. The number of benzene rings is 1. The van der Waals surface area contributed by atoms with Crippen LogP contribution in [0.5, 0.6) is 5.75 Å². The van der Waals surface area contributed by atoms with Gasteiger partial charge in [-0.15, -0.1) is 0 Å². The summed E-state index contributed by atoms with van der Waals surface area (Å²) in [4.78, 5) is 15.5. The predicted octanol–water partition coefficient (Wildman–Crippen LogP) is 2.88. The van der Waals surface area contributed by atoms with Crippen molar-refractivity contribution in [1.29, 1.82) is 0 Å². The monoisotopic (exact) mass is 317 g/mol. The van der Waals surface area contributed by atoms with E-state index >= 15 is 0 Å². The van der Waals surface area contributed by atoms with Gasteiger partial charge in [-0.1, -0.05) is 0 Å². The lowest BCUT2D eigenvalue weighted by Gasteiger charge is -2.08. The summed E-state index contributed by atoms with van der Waals surface area (Å²) in [6, 6.07) is 9.44. The number of halogens is 1. The van der Waals surface area contributed by atoms with E-state index in [-0.39, 0.29) is 11.8 Å². The first-order valence-electron chi connectivity index (χ1n) is 7.53. The van der Waals surface area contributed by atoms with E-state index in [0.29, 0.717) is 25.4 Å². The van der Waals surface area contributed by atoms with E-state index in [1.165, 1.54) is 12.1 Å². The van der Waals surface area contributed by atoms with Crippen LogP contribution in [-0.4, -0.2) is 24.2 Å². The van der Waals surface area contributed by atoms with Gasteiger partial charge in [0, 0.05) is 25.5 Å². The number of nitrogens with zero attached hydrogens (tertiary/aromatic N) is 1. The van der Waals surface area contributed by atoms with Gasteiger partial charge in [0.2, 0.25) is 0 Å². The van der Waals surface area contributed by atoms with Gasteiger partial charge < -0.3 is 15.4 Å². The molecule has 1 aromatic carbocycles. The largest absolute Gasteiger partial charge is 0.494 e. The molecule has 2 aromatic rings. The summed E-state index contributed by atoms with van der Waals surface area (Å²) in [5.41, 5.74) is 1.00. The fourth-order valence-electron chi connectivity index (χ4n) is 1.90. The lowest BCUT2D eigenvalue weighted by atomic mass is 10.3. The SMILES string of the molecule is O=C(NCCCCOc1ccc(F)cc1)NCc1ccncc1. The molecule has 0 atom stereocenters. The molecule has 0 saturated carbocycles. The maximum atomic E-state index is 12.7. The highest BCUT2D eigenvalue weighted by molar-refractivity contribution is 5.73. The highest BCUT2D eigenvalue weighted by Crippen LogP contribution is 2.11. The van der Waals surface area contributed by atoms with E-state index in [0.717, 1.165) is 18.4 Å². The topological polar surface area (TPSA) is 63.2 Å². The number of hydrogen-bond acceptors (Lipinski definition) is 3. The van der Waals surface area contributed by atoms with Crippen molar-refractivity contribution in [2.24, 2.45) is 0 Å². The lowest BCUT2D eigenvalue weighted by Crippen LogP contribution is -2.35. The Labute approximate surface area is 134 Å². The van der Waals surface area contributed by atoms with Gasteiger partial charge in [-0.3, -0.25) is 4.98 Å². The third-order valence-electron chi connectivity index (χ3n) is 3.14. The minimum absolute atomic E-state index is 0.193. The fraction of sp³-hybridized carbons (Fsp3) is 0.294. The van der Waals surface area contributed by atoms with Crippen LogP contribution in [0.3, 0.4) is 0 Å². The molecular formula is C17H20FN3O2. The van der Waals surface area contributed by atoms with Crippen LogP contribution in [0.15, 0.2) is 48.8 Å². The van der Waals surface area contributed by atoms with E-state index < -0.39 is 0 Å². The molecule has 6 heteroatoms. The standard InChI is InChI=1S/C17H20FN3O2/c18-15-3-5-16(6-4-15)23-12-2-1-9-20-17(22)21-13-14-7-10-19-11-8-14/h3-8,10-11H,1-2,9,12-13H2,(H2,20,21,22). The molecule has 0 bridgehead atoms. The van der Waals surface area contributed by atoms with Gasteiger partial charge in [0.05, 0.1) is 6.61 Å². The van der Waals surface area contributed by atoms with Gasteiger partial charge in [-0.25, -0.2) is 9.18 Å². The van der Waals surface area contributed by atoms with E-state index in [1.807, 2.05) is 12.1 Å². The average molecular weight is 317 g/mol. The molecular weight excluding hydrogens is 297 g/mol. The average Bonchev–Trinajstić information content (AvgIpc) is 2.58. The smallest absolute Gasteiger partial charge is 0.315 e. The Kier molecular flexibility index (Phi) is 6.84. The van der Waals surface area contributed by atoms with Crippen molar-refractivity contribution in [2.75, 3.05) is 13.2 Å². The Balaban J connectivity index is 1.50. The van der Waals surface area contributed by atoms with E-state index in [4.69, 9.17) is 4.74 Å². The number of carbonyl (C=O) groups is 1. The molecule has 0 aliphatic carbocycles. The number of aromatic nitrogens is 1. The predicted molar refractivity (Wildman–Crippen MR) is 85.6 cm³/mol. The van der Waals surface area contributed by atoms with E-state index in [9.17, 15) is 9.18 Å². The summed E-state index contributed by atoms with van der Waals surface area (Å²) < 4.78 is 18.2. The third-order valence-corrected chi connectivity index (χ3v) is 3.14. The van der Waals surface area contributed by atoms with Crippen LogP contribution in [-0.2, 0) is 6.54 Å². The highest BCUT2D eigenvalue weighted by Gasteiger charge is 2.00. The quantitative estimate of drug-likeness (QED) is 0.736. The second-order valence-corrected chi connectivity index (χ2v) is 4.97. The molecule has 0 aliphatic rings. The number of nitrogens with one attached hydrogen (secondary N) is 2. The third kappa shape index (κ3) is 6.78. The number of unbranched alkanes of at least 4 members (excludes halogenated alkanes) is 1. The molecule has 2 rings (SSSR count). The molecule has 0 unspecified atom stereocenters. The lowest BCUT2D eigenvalue weighted by molar-refractivity contribution is 0.239. The first-order chi connectivity index (χ1) is 11.2. The van der Waals surface area contributed by atoms with Gasteiger partial charge in [-0.2, -0.15) is 0 Å². The molecule has 0 saturated heterocycles. The number of urea groups is 1. The van der Waals surface area contributed by atoms with Crippen LogP contribution < -0.4 is 15.4 Å². The van der Waals surface area contributed by atoms with Gasteiger partial charge in [0.1, 0.15) is 11.6 Å². The molecule has 2 amide bonds. The van der Waals surface area contributed by atoms with Crippen molar-refractivity contribution >= 4 is 6.03 Å². The normalized spacial score (nSPS) is 10.1. The Bertz CT molecular complexity index is 591. The molecule has 0 radical (unpaired) electrons. The molecule has 0 fully saturated rings. The van der Waals surface area contributed by atoms with Gasteiger partial charge >= 0.3 is 6.03 Å². The second kappa shape index (κ2) is 9.40. The number of ether oxygens (including phenoxy) is 1. The number of rotatable bonds is 8. The van der Waals surface area contributed by atoms with Crippen LogP contribution in [0.2, 0.25) is 0 Å². The summed E-state index contributed by atoms with van der Waals surface area (Å²) in [6.07, 6.45) is 5.00. The van der Waals surface area contributed by atoms with E-state index in [2.05, 4.69) is 15.6 Å². The zero-order chi connectivity index (χ0) is 16.3. The zero-order valence-electron chi connectivity index (χ0n) is 12.8.